The minimum absolute atomic E-state index is 0.209. The maximum Gasteiger partial charge on any atom is 0.338 e. The monoisotopic (exact) mass is 452 g/mol. The Labute approximate surface area is 182 Å². The lowest BCUT2D eigenvalue weighted by atomic mass is 10.1. The molecule has 0 aliphatic carbocycles. The summed E-state index contributed by atoms with van der Waals surface area (Å²) in [5.74, 6) is -6.00. The van der Waals surface area contributed by atoms with Gasteiger partial charge in [-0.05, 0) is 48.7 Å². The summed E-state index contributed by atoms with van der Waals surface area (Å²) in [5.41, 5.74) is -0.369. The summed E-state index contributed by atoms with van der Waals surface area (Å²) >= 11 is 0. The summed E-state index contributed by atoms with van der Waals surface area (Å²) in [6.07, 6.45) is 0.895. The van der Waals surface area contributed by atoms with E-state index < -0.39 is 54.1 Å². The van der Waals surface area contributed by atoms with E-state index in [1.54, 1.807) is 12.1 Å². The van der Waals surface area contributed by atoms with Gasteiger partial charge >= 0.3 is 5.97 Å². The second kappa shape index (κ2) is 11.7. The number of carbonyl (C=O) groups is 3. The fraction of sp³-hybridized carbons (Fsp3) is 0.318. The molecule has 0 saturated carbocycles. The molecule has 0 fully saturated rings. The summed E-state index contributed by atoms with van der Waals surface area (Å²) < 4.78 is 50.0. The van der Waals surface area contributed by atoms with E-state index in [0.29, 0.717) is 24.3 Å². The number of anilines is 1. The molecule has 0 atom stereocenters. The van der Waals surface area contributed by atoms with Gasteiger partial charge in [0.2, 0.25) is 5.91 Å². The molecule has 0 bridgehead atoms. The second-order valence-electron chi connectivity index (χ2n) is 7.18. The van der Waals surface area contributed by atoms with Crippen LogP contribution in [-0.2, 0) is 14.3 Å². The van der Waals surface area contributed by atoms with Gasteiger partial charge in [0, 0.05) is 0 Å². The van der Waals surface area contributed by atoms with Gasteiger partial charge in [-0.25, -0.2) is 18.0 Å². The predicted octanol–water partition coefficient (Wildman–Crippen LogP) is 3.44. The number of hydrogen-bond donors (Lipinski definition) is 2. The predicted molar refractivity (Wildman–Crippen MR) is 110 cm³/mol. The lowest BCUT2D eigenvalue weighted by Crippen LogP contribution is -2.35. The Balaban J connectivity index is 1.73. The normalized spacial score (nSPS) is 10.6. The van der Waals surface area contributed by atoms with Crippen LogP contribution in [0.1, 0.15) is 30.6 Å². The zero-order valence-electron chi connectivity index (χ0n) is 17.5. The number of ether oxygens (including phenoxy) is 2. The highest BCUT2D eigenvalue weighted by atomic mass is 19.2. The Kier molecular flexibility index (Phi) is 9.06. The highest BCUT2D eigenvalue weighted by Gasteiger charge is 2.16. The molecule has 0 unspecified atom stereocenters. The minimum atomic E-state index is -1.73. The summed E-state index contributed by atoms with van der Waals surface area (Å²) in [7, 11) is 0. The first kappa shape index (κ1) is 24.7. The van der Waals surface area contributed by atoms with Crippen LogP contribution in [0.5, 0.6) is 5.75 Å². The van der Waals surface area contributed by atoms with Crippen LogP contribution in [-0.4, -0.2) is 37.5 Å². The third-order valence-corrected chi connectivity index (χ3v) is 4.14. The first-order valence-corrected chi connectivity index (χ1v) is 9.77. The molecule has 0 spiro atoms. The van der Waals surface area contributed by atoms with Crippen molar-refractivity contribution < 1.29 is 37.0 Å². The van der Waals surface area contributed by atoms with E-state index in [-0.39, 0.29) is 5.56 Å². The highest BCUT2D eigenvalue weighted by Crippen LogP contribution is 2.19. The van der Waals surface area contributed by atoms with Gasteiger partial charge in [-0.2, -0.15) is 0 Å². The van der Waals surface area contributed by atoms with Crippen molar-refractivity contribution in [3.8, 4) is 5.75 Å². The van der Waals surface area contributed by atoms with Crippen molar-refractivity contribution in [2.24, 2.45) is 5.92 Å². The van der Waals surface area contributed by atoms with Gasteiger partial charge in [-0.3, -0.25) is 9.59 Å². The molecule has 0 radical (unpaired) electrons. The maximum atomic E-state index is 13.5. The fourth-order valence-corrected chi connectivity index (χ4v) is 2.36. The van der Waals surface area contributed by atoms with Crippen LogP contribution in [0, 0.1) is 23.4 Å². The maximum absolute atomic E-state index is 13.5. The summed E-state index contributed by atoms with van der Waals surface area (Å²) in [5, 5.41) is 4.15. The summed E-state index contributed by atoms with van der Waals surface area (Å²) in [6, 6.07) is 7.70. The number of carbonyl (C=O) groups excluding carboxylic acids is 3. The van der Waals surface area contributed by atoms with Crippen LogP contribution in [0.2, 0.25) is 0 Å². The first-order chi connectivity index (χ1) is 15.2. The van der Waals surface area contributed by atoms with E-state index in [0.717, 1.165) is 12.5 Å². The van der Waals surface area contributed by atoms with Crippen LogP contribution in [0.15, 0.2) is 36.4 Å². The molecule has 2 N–H and O–H groups in total. The fourth-order valence-electron chi connectivity index (χ4n) is 2.36. The molecular weight excluding hydrogens is 429 g/mol. The molecule has 0 aliphatic rings. The SMILES string of the molecule is CC(C)CCOc1ccc(C(=O)OCC(=O)NCC(=O)Nc2ccc(F)c(F)c2F)cc1. The summed E-state index contributed by atoms with van der Waals surface area (Å²) in [6.45, 7) is 3.46. The Morgan fingerprint density at radius 3 is 2.28 bits per heavy atom. The third-order valence-electron chi connectivity index (χ3n) is 4.14. The summed E-state index contributed by atoms with van der Waals surface area (Å²) in [4.78, 5) is 35.5. The Bertz CT molecular complexity index is 965. The number of halogens is 3. The topological polar surface area (TPSA) is 93.7 Å². The van der Waals surface area contributed by atoms with E-state index >= 15 is 0 Å². The van der Waals surface area contributed by atoms with E-state index in [1.165, 1.54) is 12.1 Å². The van der Waals surface area contributed by atoms with Crippen LogP contribution in [0.25, 0.3) is 0 Å². The van der Waals surface area contributed by atoms with Crippen LogP contribution < -0.4 is 15.4 Å². The number of nitrogens with one attached hydrogen (secondary N) is 2. The van der Waals surface area contributed by atoms with Gasteiger partial charge < -0.3 is 20.1 Å². The molecule has 0 heterocycles. The van der Waals surface area contributed by atoms with Crippen molar-refractivity contribution in [3.05, 3.63) is 59.4 Å². The Morgan fingerprint density at radius 2 is 1.62 bits per heavy atom. The molecular formula is C22H23F3N2O5. The van der Waals surface area contributed by atoms with Crippen molar-refractivity contribution >= 4 is 23.5 Å². The number of hydrogen-bond acceptors (Lipinski definition) is 5. The molecule has 0 aliphatic heterocycles. The van der Waals surface area contributed by atoms with E-state index in [9.17, 15) is 27.6 Å². The molecule has 2 aromatic rings. The van der Waals surface area contributed by atoms with Gasteiger partial charge in [-0.15, -0.1) is 0 Å². The van der Waals surface area contributed by atoms with Gasteiger partial charge in [0.25, 0.3) is 5.91 Å². The quantitative estimate of drug-likeness (QED) is 0.426. The molecule has 2 aromatic carbocycles. The minimum Gasteiger partial charge on any atom is -0.494 e. The standard InChI is InChI=1S/C22H23F3N2O5/c1-13(2)9-10-31-15-5-3-14(4-6-15)22(30)32-12-19(29)26-11-18(28)27-17-8-7-16(23)20(24)21(17)25/h3-8,13H,9-12H2,1-2H3,(H,26,29)(H,27,28). The zero-order chi connectivity index (χ0) is 23.7. The van der Waals surface area contributed by atoms with Gasteiger partial charge in [0.15, 0.2) is 24.1 Å². The average molecular weight is 452 g/mol. The Hall–Kier alpha value is -3.56. The number of esters is 1. The van der Waals surface area contributed by atoms with Crippen molar-refractivity contribution in [2.75, 3.05) is 25.1 Å². The molecule has 2 rings (SSSR count). The lowest BCUT2D eigenvalue weighted by molar-refractivity contribution is -0.126. The highest BCUT2D eigenvalue weighted by molar-refractivity contribution is 5.95. The zero-order valence-corrected chi connectivity index (χ0v) is 17.5. The number of benzene rings is 2. The molecule has 0 aromatic heterocycles. The van der Waals surface area contributed by atoms with Gasteiger partial charge in [-0.1, -0.05) is 13.8 Å². The van der Waals surface area contributed by atoms with Gasteiger partial charge in [0.1, 0.15) is 5.75 Å². The number of rotatable bonds is 10. The van der Waals surface area contributed by atoms with E-state index in [4.69, 9.17) is 9.47 Å². The van der Waals surface area contributed by atoms with Crippen LogP contribution in [0.4, 0.5) is 18.9 Å². The third kappa shape index (κ3) is 7.60. The van der Waals surface area contributed by atoms with Crippen molar-refractivity contribution in [1.29, 1.82) is 0 Å². The van der Waals surface area contributed by atoms with E-state index in [2.05, 4.69) is 19.2 Å². The second-order valence-corrected chi connectivity index (χ2v) is 7.18. The Morgan fingerprint density at radius 1 is 0.938 bits per heavy atom. The molecule has 172 valence electrons. The largest absolute Gasteiger partial charge is 0.494 e. The molecule has 0 saturated heterocycles. The first-order valence-electron chi connectivity index (χ1n) is 9.77. The molecule has 7 nitrogen and oxygen atoms in total. The van der Waals surface area contributed by atoms with Crippen LogP contribution in [0.3, 0.4) is 0 Å². The van der Waals surface area contributed by atoms with E-state index in [1.807, 2.05) is 5.32 Å². The van der Waals surface area contributed by atoms with Gasteiger partial charge in [0.05, 0.1) is 24.4 Å². The average Bonchev–Trinajstić information content (AvgIpc) is 2.76. The smallest absolute Gasteiger partial charge is 0.338 e. The van der Waals surface area contributed by atoms with Crippen molar-refractivity contribution in [3.63, 3.8) is 0 Å². The van der Waals surface area contributed by atoms with Crippen molar-refractivity contribution in [2.45, 2.75) is 20.3 Å². The van der Waals surface area contributed by atoms with Crippen molar-refractivity contribution in [1.82, 2.24) is 5.32 Å². The molecule has 32 heavy (non-hydrogen) atoms. The number of amides is 2. The molecule has 2 amide bonds. The lowest BCUT2D eigenvalue weighted by Gasteiger charge is -2.10. The van der Waals surface area contributed by atoms with Crippen LogP contribution >= 0.6 is 0 Å². The molecule has 10 heteroatoms.